The molecular weight excluding hydrogens is 478 g/mol. The topological polar surface area (TPSA) is 65.5 Å². The Morgan fingerprint density at radius 1 is 1.26 bits per heavy atom. The normalized spacial score (nSPS) is 19.3. The number of hydrogen-bond acceptors (Lipinski definition) is 3. The van der Waals surface area contributed by atoms with Crippen LogP contribution in [-0.2, 0) is 11.2 Å². The van der Waals surface area contributed by atoms with Gasteiger partial charge in [-0.25, -0.2) is 4.39 Å². The molecule has 8 heteroatoms. The minimum Gasteiger partial charge on any atom is -0.357 e. The zero-order chi connectivity index (χ0) is 18.8. The van der Waals surface area contributed by atoms with E-state index in [0.717, 1.165) is 23.3 Å². The lowest BCUT2D eigenvalue weighted by Gasteiger charge is -2.17. The zero-order valence-electron chi connectivity index (χ0n) is 16.0. The molecule has 1 amide bonds. The Labute approximate surface area is 182 Å². The van der Waals surface area contributed by atoms with E-state index in [-0.39, 0.29) is 42.1 Å². The highest BCUT2D eigenvalue weighted by Crippen LogP contribution is 2.27. The van der Waals surface area contributed by atoms with Crippen LogP contribution in [0, 0.1) is 5.82 Å². The van der Waals surface area contributed by atoms with Crippen LogP contribution in [0.5, 0.6) is 0 Å². The van der Waals surface area contributed by atoms with Crippen molar-refractivity contribution in [3.8, 4) is 0 Å². The molecule has 0 aliphatic heterocycles. The summed E-state index contributed by atoms with van der Waals surface area (Å²) in [5.74, 6) is 0.438. The van der Waals surface area contributed by atoms with Crippen LogP contribution in [-0.4, -0.2) is 49.0 Å². The Hall–Kier alpha value is -1.03. The van der Waals surface area contributed by atoms with Crippen molar-refractivity contribution in [2.45, 2.75) is 43.9 Å². The van der Waals surface area contributed by atoms with E-state index in [4.69, 9.17) is 0 Å². The number of aliphatic imine (C=N–C) groups is 1. The van der Waals surface area contributed by atoms with Gasteiger partial charge >= 0.3 is 0 Å². The van der Waals surface area contributed by atoms with Crippen LogP contribution in [0.3, 0.4) is 0 Å². The van der Waals surface area contributed by atoms with Gasteiger partial charge in [0.1, 0.15) is 5.82 Å². The van der Waals surface area contributed by atoms with E-state index < -0.39 is 0 Å². The number of guanidine groups is 1. The number of nitrogens with zero attached hydrogens (tertiary/aromatic N) is 1. The average Bonchev–Trinajstić information content (AvgIpc) is 3.08. The highest BCUT2D eigenvalue weighted by molar-refractivity contribution is 14.0. The Bertz CT molecular complexity index is 600. The van der Waals surface area contributed by atoms with Crippen molar-refractivity contribution < 1.29 is 9.18 Å². The molecule has 0 saturated heterocycles. The predicted octanol–water partition coefficient (Wildman–Crippen LogP) is 2.94. The van der Waals surface area contributed by atoms with Gasteiger partial charge in [0.15, 0.2) is 5.96 Å². The molecule has 1 saturated carbocycles. The van der Waals surface area contributed by atoms with E-state index in [1.807, 2.05) is 18.7 Å². The van der Waals surface area contributed by atoms with Crippen LogP contribution in [0.15, 0.2) is 29.3 Å². The molecule has 1 aliphatic carbocycles. The van der Waals surface area contributed by atoms with Gasteiger partial charge in [0, 0.05) is 24.4 Å². The van der Waals surface area contributed by atoms with Crippen molar-refractivity contribution in [1.29, 1.82) is 0 Å². The second-order valence-corrected chi connectivity index (χ2v) is 7.56. The third-order valence-corrected chi connectivity index (χ3v) is 5.48. The largest absolute Gasteiger partial charge is 0.357 e. The van der Waals surface area contributed by atoms with Crippen LogP contribution < -0.4 is 16.0 Å². The van der Waals surface area contributed by atoms with Gasteiger partial charge in [-0.2, -0.15) is 11.8 Å². The summed E-state index contributed by atoms with van der Waals surface area (Å²) in [6.45, 7) is 3.85. The molecule has 2 atom stereocenters. The molecule has 152 valence electrons. The molecule has 0 bridgehead atoms. The van der Waals surface area contributed by atoms with Crippen LogP contribution >= 0.6 is 35.7 Å². The molecular formula is C19H30FIN4OS. The lowest BCUT2D eigenvalue weighted by molar-refractivity contribution is -0.120. The summed E-state index contributed by atoms with van der Waals surface area (Å²) in [5.41, 5.74) is 0.798. The molecule has 0 heterocycles. The van der Waals surface area contributed by atoms with Gasteiger partial charge in [0.05, 0.1) is 13.0 Å². The van der Waals surface area contributed by atoms with Crippen LogP contribution in [0.1, 0.15) is 31.7 Å². The van der Waals surface area contributed by atoms with Crippen molar-refractivity contribution in [3.63, 3.8) is 0 Å². The number of hydrogen-bond donors (Lipinski definition) is 3. The molecule has 2 rings (SSSR count). The van der Waals surface area contributed by atoms with Crippen LogP contribution in [0.25, 0.3) is 0 Å². The summed E-state index contributed by atoms with van der Waals surface area (Å²) in [4.78, 5) is 16.5. The number of benzene rings is 1. The molecule has 1 fully saturated rings. The number of nitrogens with one attached hydrogen (secondary N) is 3. The molecule has 3 N–H and O–H groups in total. The first-order valence-electron chi connectivity index (χ1n) is 9.19. The standard InChI is InChI=1S/C19H29FN4OS.HI/c1-3-21-19(24-16-8-9-17(13-16)26-2)23-11-10-22-18(25)12-14-4-6-15(20)7-5-14;/h4-7,16-17H,3,8-13H2,1-2H3,(H,22,25)(H2,21,23,24);1H. The molecule has 27 heavy (non-hydrogen) atoms. The molecule has 2 unspecified atom stereocenters. The summed E-state index contributed by atoms with van der Waals surface area (Å²) >= 11 is 1.93. The second kappa shape index (κ2) is 13.2. The minimum atomic E-state index is -0.293. The van der Waals surface area contributed by atoms with Gasteiger partial charge in [-0.3, -0.25) is 9.79 Å². The van der Waals surface area contributed by atoms with E-state index in [9.17, 15) is 9.18 Å². The van der Waals surface area contributed by atoms with Crippen molar-refractivity contribution in [2.75, 3.05) is 25.9 Å². The summed E-state index contributed by atoms with van der Waals surface area (Å²) in [6.07, 6.45) is 6.00. The van der Waals surface area contributed by atoms with Crippen molar-refractivity contribution in [1.82, 2.24) is 16.0 Å². The van der Waals surface area contributed by atoms with Crippen molar-refractivity contribution >= 4 is 47.6 Å². The summed E-state index contributed by atoms with van der Waals surface area (Å²) in [6, 6.07) is 6.46. The van der Waals surface area contributed by atoms with Crippen molar-refractivity contribution in [2.24, 2.45) is 4.99 Å². The van der Waals surface area contributed by atoms with E-state index in [2.05, 4.69) is 27.2 Å². The first-order valence-corrected chi connectivity index (χ1v) is 10.5. The molecule has 1 aliphatic rings. The van der Waals surface area contributed by atoms with Crippen LogP contribution in [0.2, 0.25) is 0 Å². The SMILES string of the molecule is CCNC(=NCCNC(=O)Cc1ccc(F)cc1)NC1CCC(SC)C1.I. The summed E-state index contributed by atoms with van der Waals surface area (Å²) in [5, 5.41) is 10.3. The van der Waals surface area contributed by atoms with Gasteiger partial charge in [-0.1, -0.05) is 12.1 Å². The maximum absolute atomic E-state index is 12.9. The van der Waals surface area contributed by atoms with E-state index in [1.54, 1.807) is 12.1 Å². The van der Waals surface area contributed by atoms with E-state index in [1.165, 1.54) is 31.4 Å². The Morgan fingerprint density at radius 3 is 2.63 bits per heavy atom. The van der Waals surface area contributed by atoms with Gasteiger partial charge in [0.25, 0.3) is 0 Å². The molecule has 5 nitrogen and oxygen atoms in total. The maximum atomic E-state index is 12.9. The average molecular weight is 508 g/mol. The van der Waals surface area contributed by atoms with Gasteiger partial charge in [-0.05, 0) is 50.1 Å². The van der Waals surface area contributed by atoms with Gasteiger partial charge in [0.2, 0.25) is 5.91 Å². The van der Waals surface area contributed by atoms with Crippen LogP contribution in [0.4, 0.5) is 4.39 Å². The number of rotatable bonds is 8. The number of carbonyl (C=O) groups excluding carboxylic acids is 1. The van der Waals surface area contributed by atoms with Gasteiger partial charge in [-0.15, -0.1) is 24.0 Å². The Morgan fingerprint density at radius 2 is 2.00 bits per heavy atom. The molecule has 0 spiro atoms. The third kappa shape index (κ3) is 9.14. The molecule has 0 radical (unpaired) electrons. The third-order valence-electron chi connectivity index (χ3n) is 4.38. The minimum absolute atomic E-state index is 0. The summed E-state index contributed by atoms with van der Waals surface area (Å²) in [7, 11) is 0. The number of amides is 1. The highest BCUT2D eigenvalue weighted by Gasteiger charge is 2.24. The lowest BCUT2D eigenvalue weighted by Crippen LogP contribution is -2.43. The smallest absolute Gasteiger partial charge is 0.224 e. The fourth-order valence-corrected chi connectivity index (χ4v) is 3.81. The number of carbonyl (C=O) groups is 1. The van der Waals surface area contributed by atoms with Crippen molar-refractivity contribution in [3.05, 3.63) is 35.6 Å². The number of thioether (sulfide) groups is 1. The summed E-state index contributed by atoms with van der Waals surface area (Å²) < 4.78 is 12.9. The lowest BCUT2D eigenvalue weighted by atomic mass is 10.1. The fourth-order valence-electron chi connectivity index (χ4n) is 3.01. The first kappa shape index (κ1) is 24.0. The molecule has 1 aromatic carbocycles. The Kier molecular flexibility index (Phi) is 11.7. The maximum Gasteiger partial charge on any atom is 0.224 e. The van der Waals surface area contributed by atoms with E-state index in [0.29, 0.717) is 19.1 Å². The van der Waals surface area contributed by atoms with Gasteiger partial charge < -0.3 is 16.0 Å². The highest BCUT2D eigenvalue weighted by atomic mass is 127. The molecule has 1 aromatic rings. The van der Waals surface area contributed by atoms with E-state index >= 15 is 0 Å². The fraction of sp³-hybridized carbons (Fsp3) is 0.579. The predicted molar refractivity (Wildman–Crippen MR) is 123 cm³/mol. The second-order valence-electron chi connectivity index (χ2n) is 6.43. The molecule has 0 aromatic heterocycles. The Balaban J connectivity index is 0.00000364. The monoisotopic (exact) mass is 508 g/mol. The first-order chi connectivity index (χ1) is 12.6. The quantitative estimate of drug-likeness (QED) is 0.219. The number of halogens is 2. The zero-order valence-corrected chi connectivity index (χ0v) is 19.1.